The van der Waals surface area contributed by atoms with Crippen molar-refractivity contribution in [1.29, 1.82) is 0 Å². The van der Waals surface area contributed by atoms with Crippen molar-refractivity contribution >= 4 is 84.5 Å². The summed E-state index contributed by atoms with van der Waals surface area (Å²) in [5.74, 6) is 0.850. The highest BCUT2D eigenvalue weighted by molar-refractivity contribution is 6.37. The first-order valence-electron chi connectivity index (χ1n) is 29.7. The summed E-state index contributed by atoms with van der Waals surface area (Å²) in [6.07, 6.45) is 0. The highest BCUT2D eigenvalue weighted by atomic mass is 35.5. The van der Waals surface area contributed by atoms with E-state index in [9.17, 15) is 0 Å². The molecule has 1 aliphatic carbocycles. The summed E-state index contributed by atoms with van der Waals surface area (Å²) in [6, 6.07) is 80.7. The van der Waals surface area contributed by atoms with Gasteiger partial charge in [-0.3, -0.25) is 0 Å². The molecule has 12 rings (SSSR count). The molecular weight excluding hydrogens is 1040 g/mol. The molecular formula is C79H78ClN3O. The lowest BCUT2D eigenvalue weighted by atomic mass is 9.82. The van der Waals surface area contributed by atoms with Crippen LogP contribution in [0.15, 0.2) is 223 Å². The van der Waals surface area contributed by atoms with Crippen LogP contribution in [-0.4, -0.2) is 0 Å². The van der Waals surface area contributed by atoms with E-state index in [1.54, 1.807) is 0 Å². The second kappa shape index (κ2) is 20.8. The molecule has 0 amide bonds. The lowest BCUT2D eigenvalue weighted by molar-refractivity contribution is 0.590. The van der Waals surface area contributed by atoms with E-state index in [1.165, 1.54) is 44.5 Å². The van der Waals surface area contributed by atoms with Crippen molar-refractivity contribution in [3.05, 3.63) is 257 Å². The highest BCUT2D eigenvalue weighted by Crippen LogP contribution is 2.54. The van der Waals surface area contributed by atoms with E-state index in [2.05, 4.69) is 318 Å². The van der Waals surface area contributed by atoms with Crippen molar-refractivity contribution in [1.82, 2.24) is 0 Å². The monoisotopic (exact) mass is 1120 g/mol. The Morgan fingerprint density at radius 2 is 0.738 bits per heavy atom. The number of anilines is 9. The first-order chi connectivity index (χ1) is 39.8. The lowest BCUT2D eigenvalue weighted by Gasteiger charge is -2.35. The number of hydrogen-bond acceptors (Lipinski definition) is 4. The molecule has 10 aromatic carbocycles. The summed E-state index contributed by atoms with van der Waals surface area (Å²) in [7, 11) is 0. The van der Waals surface area contributed by atoms with Crippen molar-refractivity contribution in [2.24, 2.45) is 0 Å². The summed E-state index contributed by atoms with van der Waals surface area (Å²) < 4.78 is 6.41. The third kappa shape index (κ3) is 10.5. The molecule has 0 N–H and O–H groups in total. The van der Waals surface area contributed by atoms with Gasteiger partial charge in [0, 0.05) is 50.5 Å². The van der Waals surface area contributed by atoms with Gasteiger partial charge in [0.1, 0.15) is 11.3 Å². The summed E-state index contributed by atoms with van der Waals surface area (Å²) in [6.45, 7) is 32.0. The zero-order valence-electron chi connectivity index (χ0n) is 51.4. The topological polar surface area (TPSA) is 22.9 Å². The smallest absolute Gasteiger partial charge is 0.135 e. The fraction of sp³-hybridized carbons (Fsp3) is 0.241. The zero-order valence-corrected chi connectivity index (χ0v) is 52.2. The maximum atomic E-state index is 8.41. The van der Waals surface area contributed by atoms with Crippen molar-refractivity contribution < 1.29 is 4.42 Å². The molecule has 5 heteroatoms. The molecule has 0 fully saturated rings. The van der Waals surface area contributed by atoms with Gasteiger partial charge >= 0.3 is 0 Å². The molecule has 4 nitrogen and oxygen atoms in total. The minimum Gasteiger partial charge on any atom is -0.456 e. The standard InChI is InChI=1S/C79H78ClN3O/c1-75(2,3)55-26-35-59(36-27-55)82(60-37-28-56(29-38-60)76(4,5)6)70-49-65(50-71(74(70)80)83(61-39-30-57(31-40-61)77(7,8)9)62-41-32-58(33-42-62)78(10,11)12)81(64-43-44-67-66-20-16-17-21-68(66)79(13,14)69(67)48-64)63-34-25-51-45-54(24-23-52(51)46-63)73-47-53-19-15-18-22-72(53)84-73/h15-50H,1-14H3. The molecule has 0 bridgehead atoms. The molecule has 422 valence electrons. The van der Waals surface area contributed by atoms with Crippen molar-refractivity contribution in [3.63, 3.8) is 0 Å². The van der Waals surface area contributed by atoms with Gasteiger partial charge in [0.05, 0.1) is 22.1 Å². The summed E-state index contributed by atoms with van der Waals surface area (Å²) in [5, 5.41) is 3.93. The lowest BCUT2D eigenvalue weighted by Crippen LogP contribution is -2.19. The largest absolute Gasteiger partial charge is 0.456 e. The molecule has 0 radical (unpaired) electrons. The molecule has 11 aromatic rings. The number of halogens is 1. The van der Waals surface area contributed by atoms with Gasteiger partial charge in [-0.15, -0.1) is 0 Å². The van der Waals surface area contributed by atoms with Gasteiger partial charge in [0.15, 0.2) is 0 Å². The minimum absolute atomic E-state index is 0.0465. The molecule has 0 atom stereocenters. The molecule has 0 spiro atoms. The Balaban J connectivity index is 1.15. The predicted molar refractivity (Wildman–Crippen MR) is 361 cm³/mol. The van der Waals surface area contributed by atoms with E-state index in [1.807, 2.05) is 12.1 Å². The first kappa shape index (κ1) is 56.2. The van der Waals surface area contributed by atoms with Crippen LogP contribution in [0.4, 0.5) is 51.2 Å². The highest BCUT2D eigenvalue weighted by Gasteiger charge is 2.36. The molecule has 1 aromatic heterocycles. The third-order valence-electron chi connectivity index (χ3n) is 17.3. The SMILES string of the molecule is CC(C)(C)c1ccc(N(c2ccc(C(C)(C)C)cc2)c2cc(N(c3ccc4c(c3)C(C)(C)c3ccccc3-4)c3ccc4cc(-c5cc6ccccc6o5)ccc4c3)cc(N(c3ccc(C(C)(C)C)cc3)c3ccc(C(C)(C)C)cc3)c2Cl)cc1. The van der Waals surface area contributed by atoms with E-state index >= 15 is 0 Å². The Kier molecular flexibility index (Phi) is 13.9. The maximum Gasteiger partial charge on any atom is 0.135 e. The molecule has 1 aliphatic rings. The third-order valence-corrected chi connectivity index (χ3v) is 17.7. The first-order valence-corrected chi connectivity index (χ1v) is 30.1. The van der Waals surface area contributed by atoms with E-state index in [-0.39, 0.29) is 27.1 Å². The van der Waals surface area contributed by atoms with E-state index in [4.69, 9.17) is 16.0 Å². The van der Waals surface area contributed by atoms with Crippen LogP contribution < -0.4 is 14.7 Å². The van der Waals surface area contributed by atoms with Gasteiger partial charge in [0.25, 0.3) is 0 Å². The zero-order chi connectivity index (χ0) is 59.3. The summed E-state index contributed by atoms with van der Waals surface area (Å²) in [5.41, 5.74) is 20.4. The van der Waals surface area contributed by atoms with Crippen molar-refractivity contribution in [2.45, 2.75) is 124 Å². The quantitative estimate of drug-likeness (QED) is 0.136. The average Bonchev–Trinajstić information content (AvgIpc) is 1.65. The Morgan fingerprint density at radius 3 is 1.23 bits per heavy atom. The molecule has 0 saturated carbocycles. The normalized spacial score (nSPS) is 13.3. The number of hydrogen-bond donors (Lipinski definition) is 0. The van der Waals surface area contributed by atoms with Crippen LogP contribution in [0.25, 0.3) is 44.2 Å². The van der Waals surface area contributed by atoms with Crippen LogP contribution in [0.1, 0.15) is 130 Å². The number of para-hydroxylation sites is 1. The number of furan rings is 1. The van der Waals surface area contributed by atoms with Crippen LogP contribution in [-0.2, 0) is 27.1 Å². The Labute approximate surface area is 504 Å². The number of fused-ring (bicyclic) bond motifs is 5. The van der Waals surface area contributed by atoms with Crippen LogP contribution in [0.5, 0.6) is 0 Å². The molecule has 84 heavy (non-hydrogen) atoms. The fourth-order valence-electron chi connectivity index (χ4n) is 12.3. The van der Waals surface area contributed by atoms with Gasteiger partial charge in [0.2, 0.25) is 0 Å². The maximum absolute atomic E-state index is 8.41. The summed E-state index contributed by atoms with van der Waals surface area (Å²) in [4.78, 5) is 7.17. The van der Waals surface area contributed by atoms with Gasteiger partial charge in [-0.1, -0.05) is 224 Å². The van der Waals surface area contributed by atoms with Crippen LogP contribution >= 0.6 is 11.6 Å². The van der Waals surface area contributed by atoms with Crippen molar-refractivity contribution in [3.8, 4) is 22.5 Å². The molecule has 0 saturated heterocycles. The number of rotatable bonds is 10. The Morgan fingerprint density at radius 1 is 0.333 bits per heavy atom. The van der Waals surface area contributed by atoms with Crippen LogP contribution in [0.2, 0.25) is 5.02 Å². The van der Waals surface area contributed by atoms with E-state index in [0.717, 1.165) is 84.3 Å². The van der Waals surface area contributed by atoms with Crippen LogP contribution in [0, 0.1) is 0 Å². The molecule has 0 unspecified atom stereocenters. The second-order valence-electron chi connectivity index (χ2n) is 27.8. The fourth-order valence-corrected chi connectivity index (χ4v) is 12.5. The van der Waals surface area contributed by atoms with E-state index in [0.29, 0.717) is 5.02 Å². The number of benzene rings is 10. The van der Waals surface area contributed by atoms with Gasteiger partial charge in [-0.05, 0) is 180 Å². The van der Waals surface area contributed by atoms with E-state index < -0.39 is 0 Å². The minimum atomic E-state index is -0.245. The van der Waals surface area contributed by atoms with Gasteiger partial charge in [-0.25, -0.2) is 0 Å². The Bertz CT molecular complexity index is 3960. The average molecular weight is 1120 g/mol. The summed E-state index contributed by atoms with van der Waals surface area (Å²) >= 11 is 8.41. The van der Waals surface area contributed by atoms with Gasteiger partial charge in [-0.2, -0.15) is 0 Å². The second-order valence-corrected chi connectivity index (χ2v) is 28.2. The Hall–Kier alpha value is -8.31. The molecule has 1 heterocycles. The van der Waals surface area contributed by atoms with Crippen molar-refractivity contribution in [2.75, 3.05) is 14.7 Å². The molecule has 0 aliphatic heterocycles. The van der Waals surface area contributed by atoms with Crippen LogP contribution in [0.3, 0.4) is 0 Å². The predicted octanol–water partition coefficient (Wildman–Crippen LogP) is 23.8. The van der Waals surface area contributed by atoms with Gasteiger partial charge < -0.3 is 19.1 Å². The number of nitrogens with zero attached hydrogens (tertiary/aromatic N) is 3.